The summed E-state index contributed by atoms with van der Waals surface area (Å²) in [6.07, 6.45) is 5.05. The van der Waals surface area contributed by atoms with Crippen molar-refractivity contribution < 1.29 is 28.4 Å². The Kier molecular flexibility index (Phi) is 10.2. The van der Waals surface area contributed by atoms with E-state index in [1.165, 1.54) is 12.5 Å². The van der Waals surface area contributed by atoms with Crippen molar-refractivity contribution in [2.45, 2.75) is 52.7 Å². The second-order valence-corrected chi connectivity index (χ2v) is 6.96. The fourth-order valence-electron chi connectivity index (χ4n) is 1.26. The molecule has 0 aliphatic heterocycles. The van der Waals surface area contributed by atoms with Crippen LogP contribution in [0.3, 0.4) is 0 Å². The molecule has 0 spiro atoms. The van der Waals surface area contributed by atoms with Crippen LogP contribution in [0.25, 0.3) is 0 Å². The van der Waals surface area contributed by atoms with Gasteiger partial charge in [-0.25, -0.2) is 9.59 Å². The maximum absolute atomic E-state index is 11.3. The Morgan fingerprint density at radius 2 is 1.16 bits per heavy atom. The molecule has 0 fully saturated rings. The number of nitrogens with one attached hydrogen (secondary N) is 2. The lowest BCUT2D eigenvalue weighted by Crippen LogP contribution is -2.32. The predicted octanol–water partition coefficient (Wildman–Crippen LogP) is 2.36. The maximum Gasteiger partial charge on any atom is 0.575 e. The highest BCUT2D eigenvalue weighted by Crippen LogP contribution is 2.06. The molecule has 0 atom stereocenters. The summed E-state index contributed by atoms with van der Waals surface area (Å²) < 4.78 is 20.2. The van der Waals surface area contributed by atoms with Crippen molar-refractivity contribution in [1.29, 1.82) is 0 Å². The summed E-state index contributed by atoms with van der Waals surface area (Å²) in [7, 11) is 0.00583. The van der Waals surface area contributed by atoms with Gasteiger partial charge in [-0.3, -0.25) is 0 Å². The third kappa shape index (κ3) is 17.9. The van der Waals surface area contributed by atoms with Crippen molar-refractivity contribution >= 4 is 19.9 Å². The molecule has 9 heteroatoms. The van der Waals surface area contributed by atoms with Gasteiger partial charge in [0.25, 0.3) is 0 Å². The van der Waals surface area contributed by atoms with Crippen LogP contribution in [0.15, 0.2) is 24.7 Å². The lowest BCUT2D eigenvalue weighted by atomic mass is 10.2. The number of hydrogen-bond donors (Lipinski definition) is 2. The van der Waals surface area contributed by atoms with Crippen LogP contribution < -0.4 is 10.6 Å². The summed E-state index contributed by atoms with van der Waals surface area (Å²) in [5, 5.41) is 5.10. The molecule has 0 unspecified atom stereocenters. The van der Waals surface area contributed by atoms with Crippen LogP contribution in [0.2, 0.25) is 0 Å². The van der Waals surface area contributed by atoms with Crippen LogP contribution in [0, 0.1) is 0 Å². The van der Waals surface area contributed by atoms with Crippen molar-refractivity contribution in [3.63, 3.8) is 0 Å². The number of amides is 2. The zero-order valence-corrected chi connectivity index (χ0v) is 15.9. The summed E-state index contributed by atoms with van der Waals surface area (Å²) >= 11 is 0. The van der Waals surface area contributed by atoms with Crippen LogP contribution in [0.4, 0.5) is 9.59 Å². The van der Waals surface area contributed by atoms with E-state index in [2.05, 4.69) is 10.6 Å². The van der Waals surface area contributed by atoms with E-state index < -0.39 is 23.4 Å². The zero-order chi connectivity index (χ0) is 19.3. The minimum atomic E-state index is -0.525. The van der Waals surface area contributed by atoms with Gasteiger partial charge in [0.1, 0.15) is 11.2 Å². The van der Waals surface area contributed by atoms with Gasteiger partial charge in [0, 0.05) is 13.1 Å². The Morgan fingerprint density at radius 3 is 1.48 bits per heavy atom. The molecule has 2 N–H and O–H groups in total. The van der Waals surface area contributed by atoms with Gasteiger partial charge < -0.3 is 29.4 Å². The van der Waals surface area contributed by atoms with E-state index >= 15 is 0 Å². The highest BCUT2D eigenvalue weighted by atomic mass is 16.6. The molecule has 0 heterocycles. The SMILES string of the molecule is CC(C)(C)OC(=O)NC/C=C\OBO/C=C\CNC(=O)OC(C)(C)C. The first-order valence-corrected chi connectivity index (χ1v) is 7.96. The summed E-state index contributed by atoms with van der Waals surface area (Å²) in [6, 6.07) is 0. The van der Waals surface area contributed by atoms with E-state index in [4.69, 9.17) is 18.8 Å². The highest BCUT2D eigenvalue weighted by Gasteiger charge is 2.15. The zero-order valence-electron chi connectivity index (χ0n) is 15.9. The summed E-state index contributed by atoms with van der Waals surface area (Å²) in [5.41, 5.74) is -1.05. The van der Waals surface area contributed by atoms with E-state index in [1.54, 1.807) is 53.7 Å². The van der Waals surface area contributed by atoms with Crippen molar-refractivity contribution in [3.05, 3.63) is 24.7 Å². The number of rotatable bonds is 8. The molecule has 0 aromatic rings. The molecule has 142 valence electrons. The molecule has 0 aliphatic carbocycles. The van der Waals surface area contributed by atoms with Gasteiger partial charge in [-0.15, -0.1) is 0 Å². The summed E-state index contributed by atoms with van der Waals surface area (Å²) in [5.74, 6) is 0. The number of carbonyl (C=O) groups excluding carboxylic acids is 2. The number of alkyl carbamates (subject to hydrolysis) is 2. The number of hydrogen-bond acceptors (Lipinski definition) is 6. The third-order valence-electron chi connectivity index (χ3n) is 2.05. The minimum Gasteiger partial charge on any atom is -0.535 e. The highest BCUT2D eigenvalue weighted by molar-refractivity contribution is 6.18. The molecule has 0 rings (SSSR count). The summed E-state index contributed by atoms with van der Waals surface area (Å²) in [4.78, 5) is 22.7. The summed E-state index contributed by atoms with van der Waals surface area (Å²) in [6.45, 7) is 11.3. The molecular formula is C16H29BN2O6. The monoisotopic (exact) mass is 356 g/mol. The Balaban J connectivity index is 3.60. The topological polar surface area (TPSA) is 95.1 Å². The van der Waals surface area contributed by atoms with Crippen LogP contribution >= 0.6 is 0 Å². The van der Waals surface area contributed by atoms with Gasteiger partial charge >= 0.3 is 19.9 Å². The fraction of sp³-hybridized carbons (Fsp3) is 0.625. The quantitative estimate of drug-likeness (QED) is 0.394. The molecule has 0 aromatic heterocycles. The van der Waals surface area contributed by atoms with Crippen molar-refractivity contribution in [2.75, 3.05) is 13.1 Å². The molecule has 0 saturated heterocycles. The molecule has 2 amide bonds. The Bertz CT molecular complexity index is 424. The van der Waals surface area contributed by atoms with Gasteiger partial charge in [0.2, 0.25) is 0 Å². The number of ether oxygens (including phenoxy) is 2. The first kappa shape index (κ1) is 22.7. The van der Waals surface area contributed by atoms with E-state index in [0.29, 0.717) is 0 Å². The standard InChI is InChI=1S/C16H29BN2O6/c1-15(2,3)24-13(20)18-9-7-11-22-17-23-12-8-10-19-14(21)25-16(4,5)6/h7-8,11-12,17H,9-10H2,1-6H3,(H,18,20)(H,19,21)/b11-7-,12-8-. The molecule has 25 heavy (non-hydrogen) atoms. The van der Waals surface area contributed by atoms with Gasteiger partial charge in [-0.05, 0) is 53.7 Å². The Labute approximate surface area is 150 Å². The van der Waals surface area contributed by atoms with Crippen molar-refractivity contribution in [3.8, 4) is 0 Å². The van der Waals surface area contributed by atoms with Crippen molar-refractivity contribution in [2.24, 2.45) is 0 Å². The molecule has 0 aliphatic rings. The molecule has 8 nitrogen and oxygen atoms in total. The molecule has 0 saturated carbocycles. The van der Waals surface area contributed by atoms with E-state index in [0.717, 1.165) is 0 Å². The molecule has 0 radical (unpaired) electrons. The van der Waals surface area contributed by atoms with Gasteiger partial charge in [0.15, 0.2) is 0 Å². The van der Waals surface area contributed by atoms with Crippen LogP contribution in [-0.2, 0) is 18.8 Å². The van der Waals surface area contributed by atoms with Gasteiger partial charge in [-0.1, -0.05) is 0 Å². The minimum absolute atomic E-state index is 0.00583. The number of carbonyl (C=O) groups is 2. The van der Waals surface area contributed by atoms with E-state index in [-0.39, 0.29) is 20.8 Å². The first-order valence-electron chi connectivity index (χ1n) is 7.96. The molecule has 0 aromatic carbocycles. The predicted molar refractivity (Wildman–Crippen MR) is 96.1 cm³/mol. The lowest BCUT2D eigenvalue weighted by Gasteiger charge is -2.19. The smallest absolute Gasteiger partial charge is 0.535 e. The Morgan fingerprint density at radius 1 is 0.800 bits per heavy atom. The molecule has 0 bridgehead atoms. The van der Waals surface area contributed by atoms with Gasteiger partial charge in [-0.2, -0.15) is 0 Å². The van der Waals surface area contributed by atoms with Gasteiger partial charge in [0.05, 0.1) is 12.5 Å². The van der Waals surface area contributed by atoms with Crippen LogP contribution in [-0.4, -0.2) is 44.2 Å². The lowest BCUT2D eigenvalue weighted by molar-refractivity contribution is 0.0522. The first-order chi connectivity index (χ1) is 11.5. The maximum atomic E-state index is 11.3. The third-order valence-corrected chi connectivity index (χ3v) is 2.05. The largest absolute Gasteiger partial charge is 0.575 e. The van der Waals surface area contributed by atoms with E-state index in [9.17, 15) is 9.59 Å². The van der Waals surface area contributed by atoms with Crippen molar-refractivity contribution in [1.82, 2.24) is 10.6 Å². The van der Waals surface area contributed by atoms with Crippen LogP contribution in [0.1, 0.15) is 41.5 Å². The average molecular weight is 356 g/mol. The van der Waals surface area contributed by atoms with E-state index in [1.807, 2.05) is 0 Å². The fourth-order valence-corrected chi connectivity index (χ4v) is 1.26. The van der Waals surface area contributed by atoms with Crippen LogP contribution in [0.5, 0.6) is 0 Å². The normalized spacial score (nSPS) is 11.9. The Hall–Kier alpha value is -2.32. The second kappa shape index (κ2) is 11.3. The molecular weight excluding hydrogens is 327 g/mol. The average Bonchev–Trinajstić information content (AvgIpc) is 2.40. The second-order valence-electron chi connectivity index (χ2n) is 6.96.